The van der Waals surface area contributed by atoms with E-state index in [1.807, 2.05) is 4.72 Å². The van der Waals surface area contributed by atoms with Crippen molar-refractivity contribution in [3.05, 3.63) is 53.1 Å². The largest absolute Gasteiger partial charge is 0.495 e. The Labute approximate surface area is 226 Å². The van der Waals surface area contributed by atoms with Crippen LogP contribution in [0.1, 0.15) is 44.1 Å². The summed E-state index contributed by atoms with van der Waals surface area (Å²) < 4.78 is 71.4. The van der Waals surface area contributed by atoms with Gasteiger partial charge in [0.15, 0.2) is 6.04 Å². The first kappa shape index (κ1) is 28.5. The maximum atomic E-state index is 16.0. The van der Waals surface area contributed by atoms with Crippen LogP contribution < -0.4 is 19.9 Å². The van der Waals surface area contributed by atoms with E-state index in [4.69, 9.17) is 26.8 Å². The molecule has 1 aliphatic carbocycles. The minimum Gasteiger partial charge on any atom is -0.495 e. The molecule has 12 heteroatoms. The van der Waals surface area contributed by atoms with Crippen LogP contribution in [0.15, 0.2) is 47.4 Å². The number of methoxy groups -OCH3 is 1. The van der Waals surface area contributed by atoms with Gasteiger partial charge in [0.2, 0.25) is 15.9 Å². The topological polar surface area (TPSA) is 111 Å². The first-order valence-corrected chi connectivity index (χ1v) is 14.4. The van der Waals surface area contributed by atoms with Crippen molar-refractivity contribution >= 4 is 27.5 Å². The third-order valence-corrected chi connectivity index (χ3v) is 8.76. The maximum Gasteiger partial charge on any atom is 0.298 e. The molecule has 0 aromatic heterocycles. The summed E-state index contributed by atoms with van der Waals surface area (Å²) in [6, 6.07) is 6.20. The predicted molar refractivity (Wildman–Crippen MR) is 139 cm³/mol. The molecule has 4 rings (SSSR count). The number of carbonyl (C=O) groups excluding carboxylic acids is 1. The minimum atomic E-state index is -4.53. The van der Waals surface area contributed by atoms with Crippen molar-refractivity contribution in [1.82, 2.24) is 9.62 Å². The van der Waals surface area contributed by atoms with E-state index in [2.05, 4.69) is 0 Å². The Hall–Kier alpha value is -2.47. The van der Waals surface area contributed by atoms with Gasteiger partial charge in [-0.25, -0.2) is 8.42 Å². The zero-order valence-electron chi connectivity index (χ0n) is 21.0. The number of nitrogens with two attached hydrogens (primary N) is 1. The molecule has 1 heterocycles. The minimum absolute atomic E-state index is 0.0281. The summed E-state index contributed by atoms with van der Waals surface area (Å²) in [7, 11) is -3.26. The lowest BCUT2D eigenvalue weighted by Crippen LogP contribution is -2.58. The molecule has 0 spiro atoms. The van der Waals surface area contributed by atoms with E-state index in [0.717, 1.165) is 37.8 Å². The number of hydrogen-bond acceptors (Lipinski definition) is 6. The normalized spacial score (nSPS) is 18.4. The zero-order valence-corrected chi connectivity index (χ0v) is 22.6. The lowest BCUT2D eigenvalue weighted by atomic mass is 9.98. The Balaban J connectivity index is 1.63. The number of likely N-dealkylation sites (tertiary alicyclic amines) is 1. The number of nitrogens with zero attached hydrogens (tertiary/aromatic N) is 1. The van der Waals surface area contributed by atoms with Crippen molar-refractivity contribution in [2.24, 2.45) is 5.73 Å². The third-order valence-electron chi connectivity index (χ3n) is 7.01. The van der Waals surface area contributed by atoms with E-state index in [1.54, 1.807) is 0 Å². The predicted octanol–water partition coefficient (Wildman–Crippen LogP) is 4.06. The highest BCUT2D eigenvalue weighted by Crippen LogP contribution is 2.38. The second kappa shape index (κ2) is 11.7. The van der Waals surface area contributed by atoms with Crippen LogP contribution in [-0.4, -0.2) is 57.6 Å². The van der Waals surface area contributed by atoms with E-state index in [1.165, 1.54) is 42.3 Å². The van der Waals surface area contributed by atoms with Crippen molar-refractivity contribution in [1.29, 1.82) is 0 Å². The zero-order chi connectivity index (χ0) is 27.5. The monoisotopic (exact) mass is 571 g/mol. The number of alkyl halides is 2. The van der Waals surface area contributed by atoms with Gasteiger partial charge in [0, 0.05) is 24.7 Å². The average molecular weight is 572 g/mol. The Morgan fingerprint density at radius 3 is 2.34 bits per heavy atom. The van der Waals surface area contributed by atoms with E-state index in [0.29, 0.717) is 18.6 Å². The van der Waals surface area contributed by atoms with Crippen molar-refractivity contribution in [3.8, 4) is 11.5 Å². The number of piperidine rings is 1. The molecule has 208 valence electrons. The third kappa shape index (κ3) is 6.39. The summed E-state index contributed by atoms with van der Waals surface area (Å²) in [5.74, 6) is -4.51. The summed E-state index contributed by atoms with van der Waals surface area (Å²) in [5, 5.41) is 0.0976. The molecule has 1 amide bonds. The van der Waals surface area contributed by atoms with Gasteiger partial charge in [-0.2, -0.15) is 13.5 Å². The highest BCUT2D eigenvalue weighted by atomic mass is 35.5. The van der Waals surface area contributed by atoms with E-state index in [-0.39, 0.29) is 40.9 Å². The first-order chi connectivity index (χ1) is 18.0. The molecule has 2 aromatic carbocycles. The number of halogens is 3. The van der Waals surface area contributed by atoms with Crippen molar-refractivity contribution in [2.45, 2.75) is 67.5 Å². The lowest BCUT2D eigenvalue weighted by Gasteiger charge is -2.35. The van der Waals surface area contributed by atoms with Crippen LogP contribution in [0, 0.1) is 0 Å². The molecule has 1 aliphatic heterocycles. The molecule has 1 unspecified atom stereocenters. The number of nitrogens with one attached hydrogen (secondary N) is 1. The van der Waals surface area contributed by atoms with Crippen LogP contribution in [0.5, 0.6) is 11.5 Å². The molecule has 2 aliphatic rings. The van der Waals surface area contributed by atoms with Gasteiger partial charge in [-0.15, -0.1) is 0 Å². The number of ether oxygens (including phenoxy) is 2. The quantitative estimate of drug-likeness (QED) is 0.470. The van der Waals surface area contributed by atoms with Crippen molar-refractivity contribution < 1.29 is 31.5 Å². The van der Waals surface area contributed by atoms with Crippen molar-refractivity contribution in [3.63, 3.8) is 0 Å². The Morgan fingerprint density at radius 2 is 1.74 bits per heavy atom. The van der Waals surface area contributed by atoms with Crippen LogP contribution in [0.2, 0.25) is 5.02 Å². The van der Waals surface area contributed by atoms with Gasteiger partial charge < -0.3 is 20.1 Å². The molecule has 1 saturated heterocycles. The van der Waals surface area contributed by atoms with Gasteiger partial charge in [0.05, 0.1) is 23.1 Å². The van der Waals surface area contributed by atoms with E-state index in [9.17, 15) is 13.2 Å². The fraction of sp³-hybridized carbons (Fsp3) is 0.500. The number of benzene rings is 2. The standard InChI is InChI=1S/C26H32ClF2N3O5S/c1-36-23-16-17(6-11-22(23)27)26(28,29)24(25(33)32-14-12-18(30)13-15-32)31-38(34,35)21-9-7-20(8-10-21)37-19-4-2-3-5-19/h6-11,16,18-19,24,31H,2-5,12-15,30H2,1H3. The summed E-state index contributed by atoms with van der Waals surface area (Å²) in [4.78, 5) is 14.4. The molecule has 38 heavy (non-hydrogen) atoms. The molecular formula is C26H32ClF2N3O5S. The Kier molecular flexibility index (Phi) is 8.81. The molecule has 2 fully saturated rings. The Bertz CT molecular complexity index is 1230. The van der Waals surface area contributed by atoms with Gasteiger partial charge in [-0.05, 0) is 74.9 Å². The summed E-state index contributed by atoms with van der Waals surface area (Å²) in [6.45, 7) is 0.289. The number of hydrogen-bond donors (Lipinski definition) is 2. The number of amides is 1. The summed E-state index contributed by atoms with van der Waals surface area (Å²) >= 11 is 6.00. The van der Waals surface area contributed by atoms with Crippen LogP contribution >= 0.6 is 11.6 Å². The molecule has 2 aromatic rings. The fourth-order valence-corrected chi connectivity index (χ4v) is 6.12. The number of rotatable bonds is 9. The van der Waals surface area contributed by atoms with Gasteiger partial charge in [-0.1, -0.05) is 17.7 Å². The van der Waals surface area contributed by atoms with Crippen LogP contribution in [-0.2, 0) is 20.7 Å². The number of sulfonamides is 1. The van der Waals surface area contributed by atoms with Gasteiger partial charge >= 0.3 is 0 Å². The second-order valence-electron chi connectivity index (χ2n) is 9.69. The second-order valence-corrected chi connectivity index (χ2v) is 11.8. The van der Waals surface area contributed by atoms with Gasteiger partial charge in [0.25, 0.3) is 5.92 Å². The average Bonchev–Trinajstić information content (AvgIpc) is 3.41. The lowest BCUT2D eigenvalue weighted by molar-refractivity contribution is -0.145. The van der Waals surface area contributed by atoms with Crippen molar-refractivity contribution in [2.75, 3.05) is 20.2 Å². The SMILES string of the molecule is COc1cc(C(F)(F)C(NS(=O)(=O)c2ccc(OC3CCCC3)cc2)C(=O)N2CCC(N)CC2)ccc1Cl. The van der Waals surface area contributed by atoms with Crippen LogP contribution in [0.25, 0.3) is 0 Å². The molecule has 0 bridgehead atoms. The van der Waals surface area contributed by atoms with Gasteiger partial charge in [0.1, 0.15) is 11.5 Å². The molecule has 1 saturated carbocycles. The van der Waals surface area contributed by atoms with Crippen LogP contribution in [0.3, 0.4) is 0 Å². The molecule has 3 N–H and O–H groups in total. The van der Waals surface area contributed by atoms with Gasteiger partial charge in [-0.3, -0.25) is 4.79 Å². The smallest absolute Gasteiger partial charge is 0.298 e. The van der Waals surface area contributed by atoms with Crippen LogP contribution in [0.4, 0.5) is 8.78 Å². The van der Waals surface area contributed by atoms with E-state index < -0.39 is 33.5 Å². The molecule has 8 nitrogen and oxygen atoms in total. The molecule has 1 atom stereocenters. The summed E-state index contributed by atoms with van der Waals surface area (Å²) in [6.07, 6.45) is 4.93. The maximum absolute atomic E-state index is 16.0. The number of carbonyl (C=O) groups is 1. The molecular weight excluding hydrogens is 540 g/mol. The first-order valence-electron chi connectivity index (χ1n) is 12.6. The highest BCUT2D eigenvalue weighted by molar-refractivity contribution is 7.89. The highest BCUT2D eigenvalue weighted by Gasteiger charge is 2.50. The molecule has 0 radical (unpaired) electrons. The Morgan fingerprint density at radius 1 is 1.11 bits per heavy atom. The fourth-order valence-electron chi connectivity index (χ4n) is 4.73. The summed E-state index contributed by atoms with van der Waals surface area (Å²) in [5.41, 5.74) is 5.29. The van der Waals surface area contributed by atoms with E-state index >= 15 is 8.78 Å².